The van der Waals surface area contributed by atoms with Crippen molar-refractivity contribution in [2.75, 3.05) is 26.7 Å². The molecule has 4 rings (SSSR count). The summed E-state index contributed by atoms with van der Waals surface area (Å²) in [5.41, 5.74) is 1.11. The lowest BCUT2D eigenvalue weighted by molar-refractivity contribution is 0.0373. The van der Waals surface area contributed by atoms with E-state index in [-0.39, 0.29) is 17.9 Å². The molecular formula is C21H26N4O3S. The first-order valence-corrected chi connectivity index (χ1v) is 11.0. The number of nitrogens with zero attached hydrogens (tertiary/aromatic N) is 4. The minimum absolute atomic E-state index is 0.0369. The van der Waals surface area contributed by atoms with Gasteiger partial charge in [0, 0.05) is 36.6 Å². The van der Waals surface area contributed by atoms with Gasteiger partial charge in [-0.05, 0) is 67.8 Å². The molecule has 29 heavy (non-hydrogen) atoms. The minimum Gasteiger partial charge on any atom is -0.497 e. The minimum atomic E-state index is -0.0369. The van der Waals surface area contributed by atoms with E-state index in [1.54, 1.807) is 12.5 Å². The van der Waals surface area contributed by atoms with Crippen molar-refractivity contribution in [3.63, 3.8) is 0 Å². The van der Waals surface area contributed by atoms with Crippen molar-refractivity contribution in [3.05, 3.63) is 40.9 Å². The molecule has 0 aliphatic carbocycles. The number of likely N-dealkylation sites (tertiary alicyclic amines) is 2. The van der Waals surface area contributed by atoms with E-state index < -0.39 is 0 Å². The Bertz CT molecular complexity index is 849. The Balaban J connectivity index is 1.43. The molecule has 0 radical (unpaired) electrons. The Morgan fingerprint density at radius 2 is 1.93 bits per heavy atom. The second-order valence-electron chi connectivity index (χ2n) is 7.71. The van der Waals surface area contributed by atoms with Gasteiger partial charge in [0.25, 0.3) is 11.8 Å². The van der Waals surface area contributed by atoms with Crippen LogP contribution in [0.15, 0.2) is 29.6 Å². The van der Waals surface area contributed by atoms with Crippen LogP contribution in [0.25, 0.3) is 0 Å². The molecule has 2 aromatic rings. The summed E-state index contributed by atoms with van der Waals surface area (Å²) < 4.78 is 9.07. The monoisotopic (exact) mass is 414 g/mol. The zero-order chi connectivity index (χ0) is 20.2. The predicted molar refractivity (Wildman–Crippen MR) is 110 cm³/mol. The highest BCUT2D eigenvalue weighted by atomic mass is 32.1. The molecule has 1 atom stereocenters. The van der Waals surface area contributed by atoms with Crippen molar-refractivity contribution >= 4 is 23.3 Å². The molecule has 3 heterocycles. The van der Waals surface area contributed by atoms with Crippen molar-refractivity contribution in [1.82, 2.24) is 19.4 Å². The van der Waals surface area contributed by atoms with Crippen LogP contribution in [0.3, 0.4) is 0 Å². The van der Waals surface area contributed by atoms with E-state index in [1.165, 1.54) is 11.5 Å². The maximum Gasteiger partial charge on any atom is 0.275 e. The Morgan fingerprint density at radius 3 is 2.66 bits per heavy atom. The van der Waals surface area contributed by atoms with Crippen molar-refractivity contribution in [2.45, 2.75) is 38.1 Å². The standard InChI is InChI=1S/C21H26N4O3S/c1-28-17-6-4-5-16(13-17)20(26)25-10-3-2-7-19(25)15-8-11-24(12-9-15)21(27)18-14-29-23-22-18/h4-6,13-15,19H,2-3,7-12H2,1H3/t19-/m0/s1. The highest BCUT2D eigenvalue weighted by Gasteiger charge is 2.36. The lowest BCUT2D eigenvalue weighted by Crippen LogP contribution is -2.51. The third-order valence-corrected chi connectivity index (χ3v) is 6.58. The quantitative estimate of drug-likeness (QED) is 0.768. The normalized spacial score (nSPS) is 20.5. The molecular weight excluding hydrogens is 388 g/mol. The maximum atomic E-state index is 13.2. The molecule has 8 heteroatoms. The first-order valence-electron chi connectivity index (χ1n) is 10.2. The second kappa shape index (κ2) is 8.90. The van der Waals surface area contributed by atoms with Gasteiger partial charge < -0.3 is 14.5 Å². The van der Waals surface area contributed by atoms with Gasteiger partial charge in [0.2, 0.25) is 0 Å². The number of hydrogen-bond donors (Lipinski definition) is 0. The zero-order valence-corrected chi connectivity index (χ0v) is 17.4. The number of rotatable bonds is 4. The highest BCUT2D eigenvalue weighted by molar-refractivity contribution is 7.03. The van der Waals surface area contributed by atoms with E-state index in [2.05, 4.69) is 14.5 Å². The van der Waals surface area contributed by atoms with Crippen LogP contribution in [-0.2, 0) is 0 Å². The zero-order valence-electron chi connectivity index (χ0n) is 16.6. The van der Waals surface area contributed by atoms with Gasteiger partial charge in [-0.1, -0.05) is 10.6 Å². The summed E-state index contributed by atoms with van der Waals surface area (Å²) in [6.45, 7) is 2.21. The average molecular weight is 415 g/mol. The number of ether oxygens (including phenoxy) is 1. The Kier molecular flexibility index (Phi) is 6.08. The van der Waals surface area contributed by atoms with E-state index in [4.69, 9.17) is 4.74 Å². The fourth-order valence-corrected chi connectivity index (χ4v) is 4.96. The average Bonchev–Trinajstić information content (AvgIpc) is 3.33. The van der Waals surface area contributed by atoms with E-state index >= 15 is 0 Å². The van der Waals surface area contributed by atoms with Crippen LogP contribution < -0.4 is 4.74 Å². The SMILES string of the molecule is COc1cccc(C(=O)N2CCCC[C@H]2C2CCN(C(=O)c3csnn3)CC2)c1. The van der Waals surface area contributed by atoms with E-state index in [9.17, 15) is 9.59 Å². The highest BCUT2D eigenvalue weighted by Crippen LogP contribution is 2.32. The van der Waals surface area contributed by atoms with Crippen molar-refractivity contribution in [1.29, 1.82) is 0 Å². The van der Waals surface area contributed by atoms with Crippen LogP contribution >= 0.6 is 11.5 Å². The third kappa shape index (κ3) is 4.27. The molecule has 0 N–H and O–H groups in total. The lowest BCUT2D eigenvalue weighted by Gasteiger charge is -2.43. The van der Waals surface area contributed by atoms with Crippen molar-refractivity contribution in [2.24, 2.45) is 5.92 Å². The summed E-state index contributed by atoms with van der Waals surface area (Å²) in [5, 5.41) is 5.60. The molecule has 1 aromatic carbocycles. The molecule has 2 fully saturated rings. The summed E-state index contributed by atoms with van der Waals surface area (Å²) in [6.07, 6.45) is 5.05. The second-order valence-corrected chi connectivity index (χ2v) is 8.32. The molecule has 0 spiro atoms. The number of aromatic nitrogens is 2. The maximum absolute atomic E-state index is 13.2. The molecule has 2 amide bonds. The van der Waals surface area contributed by atoms with Gasteiger partial charge in [0.15, 0.2) is 5.69 Å². The number of carbonyl (C=O) groups is 2. The fourth-order valence-electron chi connectivity index (χ4n) is 4.53. The van der Waals surface area contributed by atoms with Crippen LogP contribution in [0.5, 0.6) is 5.75 Å². The molecule has 2 aliphatic rings. The van der Waals surface area contributed by atoms with Crippen molar-refractivity contribution < 1.29 is 14.3 Å². The lowest BCUT2D eigenvalue weighted by atomic mass is 9.83. The fraction of sp³-hybridized carbons (Fsp3) is 0.524. The largest absolute Gasteiger partial charge is 0.497 e. The molecule has 0 saturated carbocycles. The smallest absolute Gasteiger partial charge is 0.275 e. The van der Waals surface area contributed by atoms with Crippen LogP contribution in [0.4, 0.5) is 0 Å². The van der Waals surface area contributed by atoms with Gasteiger partial charge in [-0.25, -0.2) is 0 Å². The number of carbonyl (C=O) groups excluding carboxylic acids is 2. The van der Waals surface area contributed by atoms with E-state index in [0.29, 0.717) is 36.0 Å². The van der Waals surface area contributed by atoms with Crippen LogP contribution in [0.1, 0.15) is 53.0 Å². The van der Waals surface area contributed by atoms with Gasteiger partial charge >= 0.3 is 0 Å². The number of hydrogen-bond acceptors (Lipinski definition) is 6. The van der Waals surface area contributed by atoms with Gasteiger partial charge in [-0.2, -0.15) is 0 Å². The Hall–Kier alpha value is -2.48. The molecule has 2 saturated heterocycles. The Labute approximate surface area is 174 Å². The van der Waals surface area contributed by atoms with Gasteiger partial charge in [0.05, 0.1) is 7.11 Å². The van der Waals surface area contributed by atoms with E-state index in [0.717, 1.165) is 38.6 Å². The third-order valence-electron chi connectivity index (χ3n) is 6.08. The molecule has 1 aromatic heterocycles. The predicted octanol–water partition coefficient (Wildman–Crippen LogP) is 3.09. The molecule has 0 bridgehead atoms. The topological polar surface area (TPSA) is 75.6 Å². The first kappa shape index (κ1) is 19.8. The molecule has 0 unspecified atom stereocenters. The summed E-state index contributed by atoms with van der Waals surface area (Å²) in [4.78, 5) is 29.7. The summed E-state index contributed by atoms with van der Waals surface area (Å²) in [7, 11) is 1.62. The number of methoxy groups -OCH3 is 1. The van der Waals surface area contributed by atoms with Crippen molar-refractivity contribution in [3.8, 4) is 5.75 Å². The van der Waals surface area contributed by atoms with Crippen LogP contribution in [-0.4, -0.2) is 64.0 Å². The first-order chi connectivity index (χ1) is 14.2. The molecule has 7 nitrogen and oxygen atoms in total. The van der Waals surface area contributed by atoms with Crippen LogP contribution in [0.2, 0.25) is 0 Å². The number of benzene rings is 1. The van der Waals surface area contributed by atoms with E-state index in [1.807, 2.05) is 29.2 Å². The number of piperidine rings is 2. The number of amides is 2. The van der Waals surface area contributed by atoms with Gasteiger partial charge in [0.1, 0.15) is 5.75 Å². The summed E-state index contributed by atoms with van der Waals surface area (Å²) >= 11 is 1.20. The van der Waals surface area contributed by atoms with Crippen LogP contribution in [0, 0.1) is 5.92 Å². The molecule has 154 valence electrons. The van der Waals surface area contributed by atoms with Gasteiger partial charge in [-0.3, -0.25) is 9.59 Å². The molecule has 2 aliphatic heterocycles. The Morgan fingerprint density at radius 1 is 1.10 bits per heavy atom. The summed E-state index contributed by atoms with van der Waals surface area (Å²) in [6, 6.07) is 7.63. The summed E-state index contributed by atoms with van der Waals surface area (Å²) in [5.74, 6) is 1.17. The van der Waals surface area contributed by atoms with Gasteiger partial charge in [-0.15, -0.1) is 5.10 Å².